The molecule has 0 aromatic heterocycles. The normalized spacial score (nSPS) is 15.4. The summed E-state index contributed by atoms with van der Waals surface area (Å²) < 4.78 is 0. The van der Waals surface area contributed by atoms with E-state index in [0.29, 0.717) is 12.5 Å². The summed E-state index contributed by atoms with van der Waals surface area (Å²) in [6, 6.07) is 0. The number of carboxylic acid groups (broad SMARTS) is 1. The lowest BCUT2D eigenvalue weighted by Gasteiger charge is -2.31. The fourth-order valence-electron chi connectivity index (χ4n) is 1.45. The molecule has 0 saturated carbocycles. The molecule has 0 rings (SSSR count). The van der Waals surface area contributed by atoms with Gasteiger partial charge in [0.25, 0.3) is 0 Å². The molecule has 1 unspecified atom stereocenters. The van der Waals surface area contributed by atoms with Crippen LogP contribution in [0.4, 0.5) is 0 Å². The second-order valence-corrected chi connectivity index (χ2v) is 6.97. The maximum absolute atomic E-state index is 12.0. The Bertz CT molecular complexity index is 334. The summed E-state index contributed by atoms with van der Waals surface area (Å²) in [5.74, 6) is -0.745. The van der Waals surface area contributed by atoms with Crippen LogP contribution < -0.4 is 5.32 Å². The SMILES string of the molecule is CC(C)C(C)(C)CNC(=O)CC(C)(C(=O)O)C(C)C. The van der Waals surface area contributed by atoms with Crippen molar-refractivity contribution in [2.24, 2.45) is 22.7 Å². The van der Waals surface area contributed by atoms with Crippen molar-refractivity contribution in [1.82, 2.24) is 5.32 Å². The molecule has 0 fully saturated rings. The minimum absolute atomic E-state index is 0.00706. The predicted octanol–water partition coefficient (Wildman–Crippen LogP) is 2.92. The van der Waals surface area contributed by atoms with Crippen LogP contribution in [0.1, 0.15) is 54.9 Å². The average molecular weight is 271 g/mol. The summed E-state index contributed by atoms with van der Waals surface area (Å²) in [6.07, 6.45) is 0.0220. The number of hydrogen-bond acceptors (Lipinski definition) is 2. The zero-order valence-corrected chi connectivity index (χ0v) is 13.3. The maximum Gasteiger partial charge on any atom is 0.310 e. The van der Waals surface area contributed by atoms with Crippen molar-refractivity contribution < 1.29 is 14.7 Å². The van der Waals surface area contributed by atoms with Crippen molar-refractivity contribution in [1.29, 1.82) is 0 Å². The van der Waals surface area contributed by atoms with Crippen LogP contribution in [-0.4, -0.2) is 23.5 Å². The van der Waals surface area contributed by atoms with Gasteiger partial charge in [-0.15, -0.1) is 0 Å². The molecule has 2 N–H and O–H groups in total. The minimum atomic E-state index is -1.01. The monoisotopic (exact) mass is 271 g/mol. The quantitative estimate of drug-likeness (QED) is 0.748. The van der Waals surface area contributed by atoms with Gasteiger partial charge in [-0.3, -0.25) is 9.59 Å². The van der Waals surface area contributed by atoms with Gasteiger partial charge in [-0.05, 0) is 24.2 Å². The first kappa shape index (κ1) is 17.9. The number of carbonyl (C=O) groups is 2. The summed E-state index contributed by atoms with van der Waals surface area (Å²) in [4.78, 5) is 23.3. The zero-order chi connectivity index (χ0) is 15.4. The highest BCUT2D eigenvalue weighted by molar-refractivity contribution is 5.84. The molecular formula is C15H29NO3. The van der Waals surface area contributed by atoms with Gasteiger partial charge in [0, 0.05) is 13.0 Å². The second-order valence-electron chi connectivity index (χ2n) is 6.97. The van der Waals surface area contributed by atoms with Crippen LogP contribution in [0.15, 0.2) is 0 Å². The zero-order valence-electron chi connectivity index (χ0n) is 13.3. The topological polar surface area (TPSA) is 66.4 Å². The lowest BCUT2D eigenvalue weighted by atomic mass is 9.76. The van der Waals surface area contributed by atoms with E-state index in [1.54, 1.807) is 6.92 Å². The first-order valence-electron chi connectivity index (χ1n) is 6.93. The van der Waals surface area contributed by atoms with Gasteiger partial charge in [0.05, 0.1) is 5.41 Å². The van der Waals surface area contributed by atoms with Gasteiger partial charge in [0.1, 0.15) is 0 Å². The number of carboxylic acids is 1. The third-order valence-electron chi connectivity index (χ3n) is 4.59. The number of nitrogens with one attached hydrogen (secondary N) is 1. The van der Waals surface area contributed by atoms with Gasteiger partial charge in [-0.1, -0.05) is 41.5 Å². The van der Waals surface area contributed by atoms with Crippen molar-refractivity contribution in [2.75, 3.05) is 6.54 Å². The molecule has 0 aromatic carbocycles. The molecule has 0 spiro atoms. The van der Waals surface area contributed by atoms with Crippen molar-refractivity contribution >= 4 is 11.9 Å². The third kappa shape index (κ3) is 4.84. The van der Waals surface area contributed by atoms with Crippen LogP contribution in [0.25, 0.3) is 0 Å². The molecule has 0 aliphatic rings. The van der Waals surface area contributed by atoms with E-state index >= 15 is 0 Å². The van der Waals surface area contributed by atoms with Crippen LogP contribution in [0, 0.1) is 22.7 Å². The Kier molecular flexibility index (Phi) is 6.04. The minimum Gasteiger partial charge on any atom is -0.481 e. The summed E-state index contributed by atoms with van der Waals surface area (Å²) >= 11 is 0. The van der Waals surface area contributed by atoms with E-state index < -0.39 is 11.4 Å². The first-order chi connectivity index (χ1) is 8.43. The van der Waals surface area contributed by atoms with E-state index in [1.165, 1.54) is 0 Å². The molecule has 0 bridgehead atoms. The fraction of sp³-hybridized carbons (Fsp3) is 0.867. The van der Waals surface area contributed by atoms with E-state index in [0.717, 1.165) is 0 Å². The molecule has 1 amide bonds. The number of aliphatic carboxylic acids is 1. The first-order valence-corrected chi connectivity index (χ1v) is 6.93. The van der Waals surface area contributed by atoms with E-state index in [1.807, 2.05) is 13.8 Å². The molecule has 4 nitrogen and oxygen atoms in total. The molecule has 0 aliphatic carbocycles. The fourth-order valence-corrected chi connectivity index (χ4v) is 1.45. The molecule has 4 heteroatoms. The van der Waals surface area contributed by atoms with Crippen molar-refractivity contribution in [2.45, 2.75) is 54.9 Å². The largest absolute Gasteiger partial charge is 0.481 e. The molecule has 0 aliphatic heterocycles. The lowest BCUT2D eigenvalue weighted by molar-refractivity contribution is -0.153. The highest BCUT2D eigenvalue weighted by Gasteiger charge is 2.39. The molecule has 1 atom stereocenters. The van der Waals surface area contributed by atoms with Crippen LogP contribution in [0.3, 0.4) is 0 Å². The summed E-state index contributed by atoms with van der Waals surface area (Å²) in [5, 5.41) is 12.2. The molecular weight excluding hydrogens is 242 g/mol. The summed E-state index contributed by atoms with van der Waals surface area (Å²) in [7, 11) is 0. The Morgan fingerprint density at radius 3 is 1.84 bits per heavy atom. The van der Waals surface area contributed by atoms with Crippen molar-refractivity contribution in [3.05, 3.63) is 0 Å². The number of amides is 1. The van der Waals surface area contributed by atoms with Gasteiger partial charge in [0.15, 0.2) is 0 Å². The molecule has 0 heterocycles. The average Bonchev–Trinajstić information content (AvgIpc) is 2.25. The Hall–Kier alpha value is -1.06. The molecule has 0 radical (unpaired) electrons. The van der Waals surface area contributed by atoms with Crippen LogP contribution in [0.2, 0.25) is 0 Å². The van der Waals surface area contributed by atoms with Crippen molar-refractivity contribution in [3.8, 4) is 0 Å². The highest BCUT2D eigenvalue weighted by Crippen LogP contribution is 2.31. The smallest absolute Gasteiger partial charge is 0.310 e. The van der Waals surface area contributed by atoms with Gasteiger partial charge >= 0.3 is 5.97 Å². The maximum atomic E-state index is 12.0. The standard InChI is InChI=1S/C15H29NO3/c1-10(2)14(5,6)9-16-12(17)8-15(7,11(3)4)13(18)19/h10-11H,8-9H2,1-7H3,(H,16,17)(H,18,19). The van der Waals surface area contributed by atoms with Crippen LogP contribution >= 0.6 is 0 Å². The van der Waals surface area contributed by atoms with E-state index in [9.17, 15) is 14.7 Å². The van der Waals surface area contributed by atoms with Gasteiger partial charge in [-0.25, -0.2) is 0 Å². The van der Waals surface area contributed by atoms with Crippen molar-refractivity contribution in [3.63, 3.8) is 0 Å². The number of carbonyl (C=O) groups excluding carboxylic acids is 1. The van der Waals surface area contributed by atoms with E-state index in [4.69, 9.17) is 0 Å². The predicted molar refractivity (Wildman–Crippen MR) is 76.8 cm³/mol. The number of rotatable bonds is 7. The molecule has 0 aromatic rings. The second kappa shape index (κ2) is 6.40. The van der Waals surface area contributed by atoms with Crippen LogP contribution in [0.5, 0.6) is 0 Å². The third-order valence-corrected chi connectivity index (χ3v) is 4.59. The van der Waals surface area contributed by atoms with Gasteiger partial charge in [-0.2, -0.15) is 0 Å². The Labute approximate surface area is 117 Å². The number of hydrogen-bond donors (Lipinski definition) is 2. The highest BCUT2D eigenvalue weighted by atomic mass is 16.4. The summed E-state index contributed by atoms with van der Waals surface area (Å²) in [6.45, 7) is 14.3. The molecule has 0 saturated heterocycles. The van der Waals surface area contributed by atoms with E-state index in [-0.39, 0.29) is 23.7 Å². The van der Waals surface area contributed by atoms with Gasteiger partial charge < -0.3 is 10.4 Å². The molecule has 112 valence electrons. The van der Waals surface area contributed by atoms with Crippen LogP contribution in [-0.2, 0) is 9.59 Å². The van der Waals surface area contributed by atoms with E-state index in [2.05, 4.69) is 33.0 Å². The lowest BCUT2D eigenvalue weighted by Crippen LogP contribution is -2.42. The Morgan fingerprint density at radius 1 is 1.05 bits per heavy atom. The summed E-state index contributed by atoms with van der Waals surface area (Å²) in [5.41, 5.74) is -1.00. The Balaban J connectivity index is 4.59. The Morgan fingerprint density at radius 2 is 1.53 bits per heavy atom. The molecule has 19 heavy (non-hydrogen) atoms. The van der Waals surface area contributed by atoms with Gasteiger partial charge in [0.2, 0.25) is 5.91 Å².